The van der Waals surface area contributed by atoms with Gasteiger partial charge in [0.15, 0.2) is 0 Å². The number of hydrogen-bond acceptors (Lipinski definition) is 4. The van der Waals surface area contributed by atoms with Crippen LogP contribution in [-0.4, -0.2) is 42.1 Å². The molecule has 100 valence electrons. The maximum absolute atomic E-state index is 6.34. The van der Waals surface area contributed by atoms with Crippen LogP contribution in [-0.2, 0) is 6.54 Å². The van der Waals surface area contributed by atoms with E-state index in [1.807, 2.05) is 6.07 Å². The zero-order chi connectivity index (χ0) is 13.1. The van der Waals surface area contributed by atoms with Crippen molar-refractivity contribution in [2.75, 3.05) is 31.1 Å². The quantitative estimate of drug-likeness (QED) is 0.907. The van der Waals surface area contributed by atoms with Crippen LogP contribution in [0.4, 0.5) is 5.82 Å². The molecule has 1 saturated heterocycles. The summed E-state index contributed by atoms with van der Waals surface area (Å²) in [5, 5.41) is 0.706. The Kier molecular flexibility index (Phi) is 4.43. The zero-order valence-electron chi connectivity index (χ0n) is 11.1. The molecule has 2 rings (SSSR count). The van der Waals surface area contributed by atoms with Gasteiger partial charge in [0.2, 0.25) is 0 Å². The second kappa shape index (κ2) is 5.87. The first-order valence-corrected chi connectivity index (χ1v) is 6.83. The highest BCUT2D eigenvalue weighted by molar-refractivity contribution is 6.33. The van der Waals surface area contributed by atoms with Gasteiger partial charge in [-0.3, -0.25) is 4.90 Å². The van der Waals surface area contributed by atoms with Crippen molar-refractivity contribution in [3.8, 4) is 0 Å². The van der Waals surface area contributed by atoms with Crippen LogP contribution in [0.25, 0.3) is 0 Å². The molecule has 0 radical (unpaired) electrons. The molecule has 0 bridgehead atoms. The van der Waals surface area contributed by atoms with E-state index in [0.29, 0.717) is 17.6 Å². The average Bonchev–Trinajstić information content (AvgIpc) is 2.39. The molecule has 2 N–H and O–H groups in total. The Balaban J connectivity index is 2.10. The molecule has 0 saturated carbocycles. The first kappa shape index (κ1) is 13.6. The predicted molar refractivity (Wildman–Crippen MR) is 76.1 cm³/mol. The van der Waals surface area contributed by atoms with Gasteiger partial charge in [-0.25, -0.2) is 4.98 Å². The Hall–Kier alpha value is -0.840. The van der Waals surface area contributed by atoms with E-state index >= 15 is 0 Å². The molecule has 0 amide bonds. The lowest BCUT2D eigenvalue weighted by atomic mass is 10.2. The van der Waals surface area contributed by atoms with Crippen LogP contribution in [0.3, 0.4) is 0 Å². The molecular formula is C13H21ClN4. The topological polar surface area (TPSA) is 45.4 Å². The van der Waals surface area contributed by atoms with Crippen molar-refractivity contribution in [1.82, 2.24) is 9.88 Å². The summed E-state index contributed by atoms with van der Waals surface area (Å²) < 4.78 is 0. The Labute approximate surface area is 114 Å². The number of hydrogen-bond donors (Lipinski definition) is 1. The van der Waals surface area contributed by atoms with Crippen LogP contribution >= 0.6 is 11.6 Å². The second-order valence-corrected chi connectivity index (χ2v) is 5.31. The first-order chi connectivity index (χ1) is 8.63. The predicted octanol–water partition coefficient (Wildman–Crippen LogP) is 1.72. The van der Waals surface area contributed by atoms with E-state index in [1.54, 1.807) is 6.20 Å². The normalized spacial score (nSPS) is 17.5. The third-order valence-electron chi connectivity index (χ3n) is 3.51. The van der Waals surface area contributed by atoms with Crippen molar-refractivity contribution in [3.05, 3.63) is 22.8 Å². The number of pyridine rings is 1. The van der Waals surface area contributed by atoms with Crippen molar-refractivity contribution in [1.29, 1.82) is 0 Å². The lowest BCUT2D eigenvalue weighted by Crippen LogP contribution is -2.49. The fourth-order valence-corrected chi connectivity index (χ4v) is 2.61. The van der Waals surface area contributed by atoms with Gasteiger partial charge in [-0.2, -0.15) is 0 Å². The summed E-state index contributed by atoms with van der Waals surface area (Å²) in [4.78, 5) is 9.12. The Morgan fingerprint density at radius 3 is 2.56 bits per heavy atom. The van der Waals surface area contributed by atoms with Crippen molar-refractivity contribution in [2.45, 2.75) is 26.4 Å². The highest BCUT2D eigenvalue weighted by atomic mass is 35.5. The summed E-state index contributed by atoms with van der Waals surface area (Å²) in [6, 6.07) is 2.49. The molecule has 1 aliphatic rings. The van der Waals surface area contributed by atoms with Crippen molar-refractivity contribution in [2.24, 2.45) is 5.73 Å². The molecule has 18 heavy (non-hydrogen) atoms. The number of rotatable bonds is 3. The molecule has 0 unspecified atom stereocenters. The number of halogens is 1. The van der Waals surface area contributed by atoms with Gasteiger partial charge in [-0.1, -0.05) is 11.6 Å². The highest BCUT2D eigenvalue weighted by Crippen LogP contribution is 2.27. The van der Waals surface area contributed by atoms with E-state index in [-0.39, 0.29) is 0 Å². The Morgan fingerprint density at radius 2 is 2.00 bits per heavy atom. The lowest BCUT2D eigenvalue weighted by molar-refractivity contribution is 0.209. The molecular weight excluding hydrogens is 248 g/mol. The van der Waals surface area contributed by atoms with E-state index < -0.39 is 0 Å². The van der Waals surface area contributed by atoms with Crippen molar-refractivity contribution >= 4 is 17.4 Å². The van der Waals surface area contributed by atoms with E-state index in [2.05, 4.69) is 28.6 Å². The maximum atomic E-state index is 6.34. The zero-order valence-corrected chi connectivity index (χ0v) is 11.8. The average molecular weight is 269 g/mol. The molecule has 0 aromatic carbocycles. The van der Waals surface area contributed by atoms with E-state index in [4.69, 9.17) is 17.3 Å². The fourth-order valence-electron chi connectivity index (χ4n) is 2.30. The third-order valence-corrected chi connectivity index (χ3v) is 3.93. The van der Waals surface area contributed by atoms with E-state index in [1.165, 1.54) is 0 Å². The smallest absolute Gasteiger partial charge is 0.147 e. The Bertz CT molecular complexity index is 400. The molecule has 1 aliphatic heterocycles. The van der Waals surface area contributed by atoms with E-state index in [0.717, 1.165) is 37.6 Å². The molecule has 1 fully saturated rings. The van der Waals surface area contributed by atoms with Crippen LogP contribution in [0.5, 0.6) is 0 Å². The number of piperazine rings is 1. The van der Waals surface area contributed by atoms with Crippen molar-refractivity contribution in [3.63, 3.8) is 0 Å². The molecule has 1 aromatic rings. The van der Waals surface area contributed by atoms with Gasteiger partial charge in [0.1, 0.15) is 5.82 Å². The lowest BCUT2D eigenvalue weighted by Gasteiger charge is -2.37. The second-order valence-electron chi connectivity index (χ2n) is 4.93. The SMILES string of the molecule is CC(C)N1CCN(c2nccc(CN)c2Cl)CC1. The summed E-state index contributed by atoms with van der Waals surface area (Å²) >= 11 is 6.34. The minimum atomic E-state index is 0.459. The molecule has 0 atom stereocenters. The van der Waals surface area contributed by atoms with Gasteiger partial charge >= 0.3 is 0 Å². The van der Waals surface area contributed by atoms with Gasteiger partial charge in [0, 0.05) is 45.0 Å². The van der Waals surface area contributed by atoms with Gasteiger partial charge in [-0.05, 0) is 25.5 Å². The molecule has 4 nitrogen and oxygen atoms in total. The number of anilines is 1. The fraction of sp³-hybridized carbons (Fsp3) is 0.615. The largest absolute Gasteiger partial charge is 0.353 e. The van der Waals surface area contributed by atoms with Gasteiger partial charge in [0.25, 0.3) is 0 Å². The van der Waals surface area contributed by atoms with Gasteiger partial charge in [-0.15, -0.1) is 0 Å². The van der Waals surface area contributed by atoms with Crippen LogP contribution in [0, 0.1) is 0 Å². The summed E-state index contributed by atoms with van der Waals surface area (Å²) in [7, 11) is 0. The van der Waals surface area contributed by atoms with Crippen LogP contribution < -0.4 is 10.6 Å². The third kappa shape index (κ3) is 2.76. The summed E-state index contributed by atoms with van der Waals surface area (Å²) in [5.74, 6) is 0.878. The minimum Gasteiger partial charge on any atom is -0.353 e. The highest BCUT2D eigenvalue weighted by Gasteiger charge is 2.21. The van der Waals surface area contributed by atoms with Gasteiger partial charge < -0.3 is 10.6 Å². The minimum absolute atomic E-state index is 0.459. The van der Waals surface area contributed by atoms with Crippen LogP contribution in [0.1, 0.15) is 19.4 Å². The number of nitrogens with two attached hydrogens (primary N) is 1. The Morgan fingerprint density at radius 1 is 1.33 bits per heavy atom. The molecule has 0 aliphatic carbocycles. The monoisotopic (exact) mass is 268 g/mol. The number of nitrogens with zero attached hydrogens (tertiary/aromatic N) is 3. The van der Waals surface area contributed by atoms with Crippen LogP contribution in [0.2, 0.25) is 5.02 Å². The standard InChI is InChI=1S/C13H21ClN4/c1-10(2)17-5-7-18(8-6-17)13-12(14)11(9-15)3-4-16-13/h3-4,10H,5-9,15H2,1-2H3. The van der Waals surface area contributed by atoms with E-state index in [9.17, 15) is 0 Å². The summed E-state index contributed by atoms with van der Waals surface area (Å²) in [5.41, 5.74) is 6.64. The molecule has 1 aromatic heterocycles. The van der Waals surface area contributed by atoms with Gasteiger partial charge in [0.05, 0.1) is 5.02 Å². The first-order valence-electron chi connectivity index (χ1n) is 6.46. The molecule has 2 heterocycles. The number of aromatic nitrogens is 1. The molecule has 5 heteroatoms. The van der Waals surface area contributed by atoms with Crippen LogP contribution in [0.15, 0.2) is 12.3 Å². The van der Waals surface area contributed by atoms with Crippen molar-refractivity contribution < 1.29 is 0 Å². The molecule has 0 spiro atoms. The summed E-state index contributed by atoms with van der Waals surface area (Å²) in [6.07, 6.45) is 1.79. The maximum Gasteiger partial charge on any atom is 0.147 e. The summed E-state index contributed by atoms with van der Waals surface area (Å²) in [6.45, 7) is 8.98.